The second kappa shape index (κ2) is 7.06. The quantitative estimate of drug-likeness (QED) is 0.663. The molecule has 0 fully saturated rings. The first-order chi connectivity index (χ1) is 14.6. The number of hydrogen-bond donors (Lipinski definition) is 2. The fourth-order valence-corrected chi connectivity index (χ4v) is 4.67. The molecule has 0 unspecified atom stereocenters. The largest absolute Gasteiger partial charge is 0.508 e. The van der Waals surface area contributed by atoms with Gasteiger partial charge in [0.2, 0.25) is 5.88 Å². The zero-order chi connectivity index (χ0) is 20.8. The molecule has 0 radical (unpaired) electrons. The number of phenolic OH excluding ortho intramolecular Hbond substituents is 1. The summed E-state index contributed by atoms with van der Waals surface area (Å²) in [5.74, 6) is 1.39. The molecule has 0 amide bonds. The van der Waals surface area contributed by atoms with Crippen molar-refractivity contribution < 1.29 is 19.2 Å². The lowest BCUT2D eigenvalue weighted by Gasteiger charge is -2.34. The van der Waals surface area contributed by atoms with E-state index in [1.807, 2.05) is 43.3 Å². The number of rotatable bonds is 3. The lowest BCUT2D eigenvalue weighted by Crippen LogP contribution is -2.29. The minimum atomic E-state index is -0.285. The Bertz CT molecular complexity index is 1160. The monoisotopic (exact) mass is 402 g/mol. The number of para-hydroxylation sites is 1. The normalized spacial score (nSPS) is 20.4. The molecule has 1 aliphatic heterocycles. The maximum atomic E-state index is 13.5. The molecule has 2 N–H and O–H groups in total. The van der Waals surface area contributed by atoms with Gasteiger partial charge in [-0.15, -0.1) is 0 Å². The number of aryl methyl sites for hydroxylation is 1. The van der Waals surface area contributed by atoms with Crippen LogP contribution in [0.15, 0.2) is 64.3 Å². The van der Waals surface area contributed by atoms with E-state index in [2.05, 4.69) is 10.5 Å². The lowest BCUT2D eigenvalue weighted by molar-refractivity contribution is -0.116. The molecule has 1 aliphatic carbocycles. The second-order valence-corrected chi connectivity index (χ2v) is 7.82. The molecular formula is C24H22N2O4. The highest BCUT2D eigenvalue weighted by Gasteiger charge is 2.42. The average Bonchev–Trinajstić information content (AvgIpc) is 3.13. The predicted octanol–water partition coefficient (Wildman–Crippen LogP) is 4.66. The number of nitrogens with one attached hydrogen (secondary N) is 1. The molecule has 2 heterocycles. The highest BCUT2D eigenvalue weighted by molar-refractivity contribution is 6.01. The molecule has 5 rings (SSSR count). The van der Waals surface area contributed by atoms with Gasteiger partial charge >= 0.3 is 0 Å². The standard InChI is InChI=1S/C24H22N2O4/c1-13-21-22(17-5-3-4-6-20(17)29-2)23-18(25-24(21)30-26-13)11-15(12-19(23)28)14-7-9-16(27)10-8-14/h3-10,15,22,25,27H,11-12H2,1-2H3/t15-,22-/m0/s1. The molecule has 2 aliphatic rings. The average molecular weight is 402 g/mol. The summed E-state index contributed by atoms with van der Waals surface area (Å²) in [6, 6.07) is 14.9. The number of carbonyl (C=O) groups excluding carboxylic acids is 1. The lowest BCUT2D eigenvalue weighted by atomic mass is 9.72. The molecule has 6 heteroatoms. The minimum Gasteiger partial charge on any atom is -0.508 e. The maximum absolute atomic E-state index is 13.5. The third-order valence-corrected chi connectivity index (χ3v) is 6.07. The summed E-state index contributed by atoms with van der Waals surface area (Å²) >= 11 is 0. The molecule has 152 valence electrons. The Hall–Kier alpha value is -3.54. The summed E-state index contributed by atoms with van der Waals surface area (Å²) < 4.78 is 11.2. The number of ether oxygens (including phenoxy) is 1. The minimum absolute atomic E-state index is 0.0354. The Balaban J connectivity index is 1.64. The van der Waals surface area contributed by atoms with Crippen LogP contribution in [0.2, 0.25) is 0 Å². The van der Waals surface area contributed by atoms with Crippen LogP contribution in [0.25, 0.3) is 0 Å². The van der Waals surface area contributed by atoms with Crippen LogP contribution in [0, 0.1) is 6.92 Å². The van der Waals surface area contributed by atoms with Crippen LogP contribution < -0.4 is 10.1 Å². The molecule has 6 nitrogen and oxygen atoms in total. The van der Waals surface area contributed by atoms with Gasteiger partial charge in [0.05, 0.1) is 24.3 Å². The van der Waals surface area contributed by atoms with E-state index < -0.39 is 0 Å². The summed E-state index contributed by atoms with van der Waals surface area (Å²) in [5.41, 5.74) is 5.22. The highest BCUT2D eigenvalue weighted by atomic mass is 16.5. The van der Waals surface area contributed by atoms with Gasteiger partial charge in [-0.05, 0) is 43.0 Å². The number of phenols is 1. The summed E-state index contributed by atoms with van der Waals surface area (Å²) in [6.07, 6.45) is 1.09. The van der Waals surface area contributed by atoms with Gasteiger partial charge in [-0.2, -0.15) is 0 Å². The van der Waals surface area contributed by atoms with Gasteiger partial charge < -0.3 is 19.7 Å². The second-order valence-electron chi connectivity index (χ2n) is 7.82. The zero-order valence-corrected chi connectivity index (χ0v) is 16.8. The van der Waals surface area contributed by atoms with E-state index in [1.54, 1.807) is 19.2 Å². The van der Waals surface area contributed by atoms with Crippen molar-refractivity contribution in [1.29, 1.82) is 0 Å². The number of anilines is 1. The number of carbonyl (C=O) groups is 1. The molecule has 3 aromatic rings. The van der Waals surface area contributed by atoms with Crippen LogP contribution >= 0.6 is 0 Å². The van der Waals surface area contributed by atoms with Crippen LogP contribution in [0.3, 0.4) is 0 Å². The van der Waals surface area contributed by atoms with Crippen molar-refractivity contribution >= 4 is 11.7 Å². The molecule has 0 saturated carbocycles. The maximum Gasteiger partial charge on any atom is 0.233 e. The van der Waals surface area contributed by atoms with Crippen molar-refractivity contribution in [3.63, 3.8) is 0 Å². The highest BCUT2D eigenvalue weighted by Crippen LogP contribution is 2.50. The van der Waals surface area contributed by atoms with Crippen molar-refractivity contribution in [3.8, 4) is 11.5 Å². The first kappa shape index (κ1) is 18.5. The third-order valence-electron chi connectivity index (χ3n) is 6.07. The Kier molecular flexibility index (Phi) is 4.35. The fourth-order valence-electron chi connectivity index (χ4n) is 4.67. The van der Waals surface area contributed by atoms with Crippen molar-refractivity contribution in [1.82, 2.24) is 5.16 Å². The van der Waals surface area contributed by atoms with Crippen LogP contribution in [-0.4, -0.2) is 23.2 Å². The number of hydrogen-bond acceptors (Lipinski definition) is 6. The topological polar surface area (TPSA) is 84.6 Å². The van der Waals surface area contributed by atoms with Crippen molar-refractivity contribution in [3.05, 3.63) is 82.2 Å². The summed E-state index contributed by atoms with van der Waals surface area (Å²) in [7, 11) is 1.64. The summed E-state index contributed by atoms with van der Waals surface area (Å²) in [5, 5.41) is 17.1. The van der Waals surface area contributed by atoms with E-state index in [4.69, 9.17) is 9.26 Å². The van der Waals surface area contributed by atoms with E-state index in [9.17, 15) is 9.90 Å². The van der Waals surface area contributed by atoms with Crippen LogP contribution in [-0.2, 0) is 4.79 Å². The van der Waals surface area contributed by atoms with Crippen LogP contribution in [0.5, 0.6) is 11.5 Å². The molecule has 2 atom stereocenters. The number of nitrogens with zero attached hydrogens (tertiary/aromatic N) is 1. The van der Waals surface area contributed by atoms with Crippen LogP contribution in [0.1, 0.15) is 47.1 Å². The van der Waals surface area contributed by atoms with Gasteiger partial charge in [-0.3, -0.25) is 4.79 Å². The Labute approximate surface area is 174 Å². The molecule has 0 bridgehead atoms. The number of aromatic hydroxyl groups is 1. The Morgan fingerprint density at radius 3 is 2.67 bits per heavy atom. The molecule has 30 heavy (non-hydrogen) atoms. The number of fused-ring (bicyclic) bond motifs is 1. The number of allylic oxidation sites excluding steroid dienone is 2. The Morgan fingerprint density at radius 2 is 1.90 bits per heavy atom. The van der Waals surface area contributed by atoms with Gasteiger partial charge in [0.25, 0.3) is 0 Å². The van der Waals surface area contributed by atoms with Gasteiger partial charge in [0.1, 0.15) is 11.5 Å². The van der Waals surface area contributed by atoms with E-state index in [0.29, 0.717) is 18.7 Å². The smallest absolute Gasteiger partial charge is 0.233 e. The van der Waals surface area contributed by atoms with Gasteiger partial charge in [0, 0.05) is 23.3 Å². The molecular weight excluding hydrogens is 380 g/mol. The van der Waals surface area contributed by atoms with E-state index in [-0.39, 0.29) is 23.4 Å². The molecule has 0 saturated heterocycles. The van der Waals surface area contributed by atoms with Gasteiger partial charge in [0.15, 0.2) is 5.78 Å². The third kappa shape index (κ3) is 2.87. The van der Waals surface area contributed by atoms with Gasteiger partial charge in [-0.1, -0.05) is 35.5 Å². The van der Waals surface area contributed by atoms with Crippen molar-refractivity contribution in [2.75, 3.05) is 12.4 Å². The fraction of sp³-hybridized carbons (Fsp3) is 0.250. The molecule has 0 spiro atoms. The zero-order valence-electron chi connectivity index (χ0n) is 16.8. The summed E-state index contributed by atoms with van der Waals surface area (Å²) in [6.45, 7) is 1.89. The predicted molar refractivity (Wildman–Crippen MR) is 112 cm³/mol. The van der Waals surface area contributed by atoms with E-state index in [0.717, 1.165) is 39.4 Å². The number of benzene rings is 2. The first-order valence-corrected chi connectivity index (χ1v) is 9.98. The van der Waals surface area contributed by atoms with E-state index >= 15 is 0 Å². The number of Topliss-reactive ketones (excluding diaryl/α,β-unsaturated/α-hetero) is 1. The van der Waals surface area contributed by atoms with E-state index in [1.165, 1.54) is 0 Å². The van der Waals surface area contributed by atoms with Crippen LogP contribution in [0.4, 0.5) is 5.88 Å². The SMILES string of the molecule is COc1ccccc1[C@@H]1C2=C(C[C@H](c3ccc(O)cc3)CC2=O)Nc2onc(C)c21. The van der Waals surface area contributed by atoms with Crippen molar-refractivity contribution in [2.24, 2.45) is 0 Å². The Morgan fingerprint density at radius 1 is 1.13 bits per heavy atom. The number of methoxy groups -OCH3 is 1. The number of ketones is 1. The summed E-state index contributed by atoms with van der Waals surface area (Å²) in [4.78, 5) is 13.5. The molecule has 1 aromatic heterocycles. The number of aromatic nitrogens is 1. The van der Waals surface area contributed by atoms with Crippen molar-refractivity contribution in [2.45, 2.75) is 31.6 Å². The van der Waals surface area contributed by atoms with Gasteiger partial charge in [-0.25, -0.2) is 0 Å². The molecule has 2 aromatic carbocycles. The first-order valence-electron chi connectivity index (χ1n) is 9.98.